The average Bonchev–Trinajstić information content (AvgIpc) is 3.40. The number of allylic oxidation sites excluding steroid dienone is 13. The number of ether oxygens (including phenoxy) is 1. The van der Waals surface area contributed by atoms with Crippen molar-refractivity contribution in [3.05, 3.63) is 85.1 Å². The third kappa shape index (κ3) is 57.9. The highest BCUT2D eigenvalue weighted by atomic mass is 31.2. The number of rotatable bonds is 58. The van der Waals surface area contributed by atoms with Crippen molar-refractivity contribution in [3.8, 4) is 0 Å². The zero-order valence-electron chi connectivity index (χ0n) is 51.6. The van der Waals surface area contributed by atoms with Crippen molar-refractivity contribution in [1.82, 2.24) is 5.32 Å². The Bertz CT molecular complexity index is 1610. The lowest BCUT2D eigenvalue weighted by Gasteiger charge is -2.27. The molecule has 0 bridgehead atoms. The predicted molar refractivity (Wildman–Crippen MR) is 337 cm³/mol. The molecule has 0 heterocycles. The Hall–Kier alpha value is -2.81. The third-order valence-electron chi connectivity index (χ3n) is 14.1. The number of hydrogen-bond acceptors (Lipinski definition) is 6. The molecule has 0 aromatic carbocycles. The molecule has 0 fully saturated rings. The van der Waals surface area contributed by atoms with Crippen LogP contribution in [0.15, 0.2) is 85.1 Å². The highest BCUT2D eigenvalue weighted by Gasteiger charge is 2.30. The van der Waals surface area contributed by atoms with Gasteiger partial charge in [-0.05, 0) is 89.5 Å². The van der Waals surface area contributed by atoms with E-state index in [0.29, 0.717) is 17.4 Å². The molecule has 0 rings (SSSR count). The van der Waals surface area contributed by atoms with Crippen LogP contribution in [0.3, 0.4) is 0 Å². The maximum absolute atomic E-state index is 13.6. The third-order valence-corrected chi connectivity index (χ3v) is 15.1. The first-order valence-electron chi connectivity index (χ1n) is 32.4. The van der Waals surface area contributed by atoms with Gasteiger partial charge in [0.1, 0.15) is 19.3 Å². The Kier molecular flexibility index (Phi) is 55.4. The topological polar surface area (TPSA) is 111 Å². The molecular formula is C68H124N2O7P+. The summed E-state index contributed by atoms with van der Waals surface area (Å²) < 4.78 is 30.7. The molecule has 452 valence electrons. The number of phosphoric acid groups is 1. The summed E-state index contributed by atoms with van der Waals surface area (Å²) in [6.07, 6.45) is 75.8. The largest absolute Gasteiger partial charge is 0.472 e. The first-order valence-corrected chi connectivity index (χ1v) is 33.9. The standard InChI is InChI=1S/C68H123N2O7P/c1-7-10-13-16-19-22-25-28-30-31-32-33-34-35-36-37-38-39-41-42-45-48-51-54-57-60-67(71)69-65(64-76-78(73,74)75-63-62-70(4,5)6)66(59-56-53-50-47-44-27-24-21-18-15-12-9-3)77-68(72)61-58-55-52-49-46-43-40-29-26-23-20-17-14-11-8-2/h11,14,17,19-20,22-23,26,28,30,32-33,56,59,65-66H,7-10,12-13,15-16,18,21,24-25,27,29,31,34-55,57-58,60-64H2,1-6H3,(H-,69,71,73,74)/p+1/b14-11+,20-17+,22-19-,26-23+,30-28-,33-32-,59-56-. The van der Waals surface area contributed by atoms with Crippen molar-refractivity contribution >= 4 is 19.7 Å². The van der Waals surface area contributed by atoms with Crippen molar-refractivity contribution < 1.29 is 37.3 Å². The SMILES string of the molecule is CC/C=C/C=C/C=C/CCCCCCCCCC(=O)OC(/C=C\CCCCCCCCCCCC)C(COP(=O)(O)OCC[N+](C)(C)C)NC(=O)CCCCCCCCCCCCCC/C=C\C/C=C\C/C=C\CCCCC. The van der Waals surface area contributed by atoms with Gasteiger partial charge in [-0.15, -0.1) is 0 Å². The summed E-state index contributed by atoms with van der Waals surface area (Å²) in [5, 5.41) is 3.06. The molecule has 10 heteroatoms. The smallest absolute Gasteiger partial charge is 0.456 e. The first kappa shape index (κ1) is 75.2. The normalized spacial score (nSPS) is 14.2. The van der Waals surface area contributed by atoms with Crippen LogP contribution >= 0.6 is 7.82 Å². The number of esters is 1. The van der Waals surface area contributed by atoms with E-state index in [1.54, 1.807) is 0 Å². The fraction of sp³-hybridized carbons (Fsp3) is 0.765. The van der Waals surface area contributed by atoms with Gasteiger partial charge >= 0.3 is 13.8 Å². The second-order valence-corrected chi connectivity index (χ2v) is 24.4. The molecule has 0 aliphatic heterocycles. The Morgan fingerprint density at radius 3 is 1.36 bits per heavy atom. The minimum Gasteiger partial charge on any atom is -0.456 e. The lowest BCUT2D eigenvalue weighted by Crippen LogP contribution is -2.47. The second-order valence-electron chi connectivity index (χ2n) is 23.0. The summed E-state index contributed by atoms with van der Waals surface area (Å²) in [6, 6.07) is -0.858. The number of quaternary nitrogens is 1. The number of unbranched alkanes of at least 4 members (excludes halogenated alkanes) is 32. The van der Waals surface area contributed by atoms with Gasteiger partial charge in [0, 0.05) is 12.8 Å². The minimum absolute atomic E-state index is 0.0349. The minimum atomic E-state index is -4.46. The molecule has 0 aliphatic carbocycles. The molecule has 3 unspecified atom stereocenters. The highest BCUT2D eigenvalue weighted by Crippen LogP contribution is 2.43. The van der Waals surface area contributed by atoms with Crippen LogP contribution < -0.4 is 5.32 Å². The predicted octanol–water partition coefficient (Wildman–Crippen LogP) is 20.2. The van der Waals surface area contributed by atoms with Crippen molar-refractivity contribution in [1.29, 1.82) is 0 Å². The van der Waals surface area contributed by atoms with Crippen LogP contribution in [0.25, 0.3) is 0 Å². The van der Waals surface area contributed by atoms with Crippen LogP contribution in [-0.4, -0.2) is 74.3 Å². The molecule has 0 aromatic rings. The number of nitrogens with one attached hydrogen (secondary N) is 1. The van der Waals surface area contributed by atoms with Gasteiger partial charge in [0.05, 0.1) is 33.8 Å². The van der Waals surface area contributed by atoms with Gasteiger partial charge in [0.2, 0.25) is 5.91 Å². The number of nitrogens with zero attached hydrogens (tertiary/aromatic N) is 1. The van der Waals surface area contributed by atoms with Crippen LogP contribution in [0.2, 0.25) is 0 Å². The Morgan fingerprint density at radius 2 is 0.872 bits per heavy atom. The van der Waals surface area contributed by atoms with Gasteiger partial charge < -0.3 is 19.4 Å². The Morgan fingerprint density at radius 1 is 0.474 bits per heavy atom. The summed E-state index contributed by atoms with van der Waals surface area (Å²) in [7, 11) is 1.48. The number of likely N-dealkylation sites (N-methyl/N-ethyl adjacent to an activating group) is 1. The second kappa shape index (κ2) is 57.4. The van der Waals surface area contributed by atoms with Gasteiger partial charge in [0.25, 0.3) is 0 Å². The maximum Gasteiger partial charge on any atom is 0.472 e. The molecule has 0 saturated heterocycles. The summed E-state index contributed by atoms with van der Waals surface area (Å²) >= 11 is 0. The number of carbonyl (C=O) groups is 2. The van der Waals surface area contributed by atoms with Crippen LogP contribution in [0.4, 0.5) is 0 Å². The monoisotopic (exact) mass is 1110 g/mol. The van der Waals surface area contributed by atoms with Gasteiger partial charge in [-0.2, -0.15) is 0 Å². The molecule has 0 saturated carbocycles. The van der Waals surface area contributed by atoms with Crippen LogP contribution in [-0.2, 0) is 27.9 Å². The quantitative estimate of drug-likeness (QED) is 0.0156. The van der Waals surface area contributed by atoms with E-state index in [4.69, 9.17) is 13.8 Å². The number of hydrogen-bond donors (Lipinski definition) is 2. The van der Waals surface area contributed by atoms with Gasteiger partial charge in [-0.3, -0.25) is 18.6 Å². The fourth-order valence-corrected chi connectivity index (χ4v) is 9.86. The summed E-state index contributed by atoms with van der Waals surface area (Å²) in [4.78, 5) is 37.7. The van der Waals surface area contributed by atoms with Gasteiger partial charge in [-0.25, -0.2) is 4.57 Å². The molecule has 0 aromatic heterocycles. The maximum atomic E-state index is 13.6. The first-order chi connectivity index (χ1) is 37.9. The van der Waals surface area contributed by atoms with E-state index in [0.717, 1.165) is 89.9 Å². The van der Waals surface area contributed by atoms with Gasteiger partial charge in [0.15, 0.2) is 0 Å². The van der Waals surface area contributed by atoms with Crippen molar-refractivity contribution in [3.63, 3.8) is 0 Å². The zero-order valence-corrected chi connectivity index (χ0v) is 52.5. The summed E-state index contributed by atoms with van der Waals surface area (Å²) in [5.74, 6) is -0.519. The Labute approximate surface area is 482 Å². The van der Waals surface area contributed by atoms with Crippen LogP contribution in [0, 0.1) is 0 Å². The molecule has 0 spiro atoms. The van der Waals surface area contributed by atoms with Crippen molar-refractivity contribution in [2.75, 3.05) is 40.9 Å². The molecular weight excluding hydrogens is 988 g/mol. The van der Waals surface area contributed by atoms with E-state index in [1.807, 2.05) is 33.3 Å². The number of phosphoric ester groups is 1. The lowest BCUT2D eigenvalue weighted by molar-refractivity contribution is -0.870. The summed E-state index contributed by atoms with van der Waals surface area (Å²) in [6.45, 7) is 6.86. The van der Waals surface area contributed by atoms with E-state index in [1.165, 1.54) is 161 Å². The van der Waals surface area contributed by atoms with Crippen molar-refractivity contribution in [2.45, 2.75) is 296 Å². The number of amides is 1. The highest BCUT2D eigenvalue weighted by molar-refractivity contribution is 7.47. The van der Waals surface area contributed by atoms with Crippen LogP contribution in [0.1, 0.15) is 284 Å². The zero-order chi connectivity index (χ0) is 57.2. The number of carbonyl (C=O) groups excluding carboxylic acids is 2. The molecule has 3 atom stereocenters. The summed E-state index contributed by atoms with van der Waals surface area (Å²) in [5.41, 5.74) is 0. The van der Waals surface area contributed by atoms with E-state index in [2.05, 4.69) is 99.0 Å². The van der Waals surface area contributed by atoms with Crippen molar-refractivity contribution in [2.24, 2.45) is 0 Å². The molecule has 0 aliphatic rings. The fourth-order valence-electron chi connectivity index (χ4n) is 9.12. The average molecular weight is 1110 g/mol. The van der Waals surface area contributed by atoms with E-state index >= 15 is 0 Å². The molecule has 0 radical (unpaired) electrons. The van der Waals surface area contributed by atoms with Crippen LogP contribution in [0.5, 0.6) is 0 Å². The molecule has 78 heavy (non-hydrogen) atoms. The lowest BCUT2D eigenvalue weighted by atomic mass is 10.0. The van der Waals surface area contributed by atoms with E-state index in [-0.39, 0.29) is 31.5 Å². The van der Waals surface area contributed by atoms with E-state index < -0.39 is 20.0 Å². The van der Waals surface area contributed by atoms with E-state index in [9.17, 15) is 19.0 Å². The van der Waals surface area contributed by atoms with Gasteiger partial charge in [-0.1, -0.05) is 267 Å². The Balaban J connectivity index is 5.12. The molecule has 1 amide bonds. The molecule has 9 nitrogen and oxygen atoms in total. The molecule has 2 N–H and O–H groups in total.